The van der Waals surface area contributed by atoms with Gasteiger partial charge in [0.25, 0.3) is 0 Å². The second kappa shape index (κ2) is 9.37. The van der Waals surface area contributed by atoms with Crippen LogP contribution < -0.4 is 19.7 Å². The predicted octanol–water partition coefficient (Wildman–Crippen LogP) is 3.62. The van der Waals surface area contributed by atoms with Gasteiger partial charge in [0, 0.05) is 13.1 Å². The number of nitrogens with one attached hydrogen (secondary N) is 2. The number of carbonyl (C=O) groups is 1. The Kier molecular flexibility index (Phi) is 6.99. The Morgan fingerprint density at radius 2 is 1.72 bits per heavy atom. The zero-order chi connectivity index (χ0) is 23.5. The molecule has 1 aliphatic rings. The normalized spacial score (nSPS) is 15.5. The summed E-state index contributed by atoms with van der Waals surface area (Å²) in [5, 5.41) is 2.46. The van der Waals surface area contributed by atoms with E-state index in [9.17, 15) is 26.4 Å². The molecule has 0 saturated carbocycles. The van der Waals surface area contributed by atoms with Crippen LogP contribution in [0.5, 0.6) is 5.75 Å². The third-order valence-electron chi connectivity index (χ3n) is 5.12. The zero-order valence-corrected chi connectivity index (χ0v) is 18.4. The number of anilines is 2. The van der Waals surface area contributed by atoms with Crippen molar-refractivity contribution in [3.63, 3.8) is 0 Å². The Morgan fingerprint density at radius 3 is 2.28 bits per heavy atom. The van der Waals surface area contributed by atoms with Crippen molar-refractivity contribution in [1.29, 1.82) is 0 Å². The molecule has 0 aromatic heterocycles. The second-order valence-corrected chi connectivity index (χ2v) is 9.15. The van der Waals surface area contributed by atoms with Crippen LogP contribution >= 0.6 is 0 Å². The fourth-order valence-corrected chi connectivity index (χ4v) is 4.60. The molecule has 2 N–H and O–H groups in total. The van der Waals surface area contributed by atoms with Gasteiger partial charge in [0.05, 0.1) is 35.0 Å². The summed E-state index contributed by atoms with van der Waals surface area (Å²) >= 11 is 0. The van der Waals surface area contributed by atoms with Gasteiger partial charge in [-0.2, -0.15) is 17.9 Å². The molecular formula is C21H24F3N3O4S. The monoisotopic (exact) mass is 471 g/mol. The molecule has 2 aromatic rings. The molecule has 3 rings (SSSR count). The predicted molar refractivity (Wildman–Crippen MR) is 114 cm³/mol. The first kappa shape index (κ1) is 23.9. The standard InChI is InChI=1S/C21H24F3N3O4S/c1-14(26-32(29,30)17-8-6-16(31-2)7-9-17)20(28)25-18-13-15(21(22,23)24)5-10-19(18)27-11-3-4-12-27/h5-10,13-14,26H,3-4,11-12H2,1-2H3,(H,25,28). The van der Waals surface area contributed by atoms with Crippen LogP contribution in [0.2, 0.25) is 0 Å². The van der Waals surface area contributed by atoms with Crippen LogP contribution in [-0.2, 0) is 21.0 Å². The van der Waals surface area contributed by atoms with E-state index in [0.717, 1.165) is 25.0 Å². The number of ether oxygens (including phenoxy) is 1. The summed E-state index contributed by atoms with van der Waals surface area (Å²) in [5.74, 6) is -0.310. The van der Waals surface area contributed by atoms with Crippen molar-refractivity contribution in [3.8, 4) is 5.75 Å². The van der Waals surface area contributed by atoms with Gasteiger partial charge in [0.1, 0.15) is 5.75 Å². The average Bonchev–Trinajstić information content (AvgIpc) is 3.27. The third kappa shape index (κ3) is 5.52. The number of hydrogen-bond donors (Lipinski definition) is 2. The summed E-state index contributed by atoms with van der Waals surface area (Å²) < 4.78 is 72.0. The molecule has 1 saturated heterocycles. The molecule has 32 heavy (non-hydrogen) atoms. The molecule has 1 amide bonds. The lowest BCUT2D eigenvalue weighted by atomic mass is 10.1. The summed E-state index contributed by atoms with van der Waals surface area (Å²) in [6.45, 7) is 2.64. The van der Waals surface area contributed by atoms with E-state index < -0.39 is 33.7 Å². The van der Waals surface area contributed by atoms with Gasteiger partial charge in [-0.1, -0.05) is 0 Å². The Balaban J connectivity index is 1.80. The highest BCUT2D eigenvalue weighted by Crippen LogP contribution is 2.36. The van der Waals surface area contributed by atoms with Crippen LogP contribution in [0, 0.1) is 0 Å². The topological polar surface area (TPSA) is 87.7 Å². The van der Waals surface area contributed by atoms with Crippen molar-refractivity contribution in [3.05, 3.63) is 48.0 Å². The minimum Gasteiger partial charge on any atom is -0.497 e. The van der Waals surface area contributed by atoms with E-state index in [2.05, 4.69) is 10.0 Å². The second-order valence-electron chi connectivity index (χ2n) is 7.43. The van der Waals surface area contributed by atoms with Crippen LogP contribution in [0.25, 0.3) is 0 Å². The number of amides is 1. The highest BCUT2D eigenvalue weighted by Gasteiger charge is 2.32. The first-order valence-corrected chi connectivity index (χ1v) is 11.4. The summed E-state index contributed by atoms with van der Waals surface area (Å²) in [5.41, 5.74) is -0.446. The highest BCUT2D eigenvalue weighted by molar-refractivity contribution is 7.89. The number of nitrogens with zero attached hydrogens (tertiary/aromatic N) is 1. The maximum absolute atomic E-state index is 13.2. The molecule has 0 bridgehead atoms. The van der Waals surface area contributed by atoms with Gasteiger partial charge in [-0.05, 0) is 62.2 Å². The number of sulfonamides is 1. The quantitative estimate of drug-likeness (QED) is 0.644. The summed E-state index contributed by atoms with van der Waals surface area (Å²) in [6.07, 6.45) is -2.79. The number of methoxy groups -OCH3 is 1. The van der Waals surface area contributed by atoms with Crippen molar-refractivity contribution >= 4 is 27.3 Å². The summed E-state index contributed by atoms with van der Waals surface area (Å²) in [6, 6.07) is 7.51. The Hall–Kier alpha value is -2.79. The van der Waals surface area contributed by atoms with Crippen molar-refractivity contribution in [2.45, 2.75) is 36.9 Å². The largest absolute Gasteiger partial charge is 0.497 e. The van der Waals surface area contributed by atoms with Crippen molar-refractivity contribution in [2.24, 2.45) is 0 Å². The van der Waals surface area contributed by atoms with Gasteiger partial charge in [-0.3, -0.25) is 4.79 Å². The Labute approximate surface area is 184 Å². The molecule has 11 heteroatoms. The average molecular weight is 472 g/mol. The summed E-state index contributed by atoms with van der Waals surface area (Å²) in [7, 11) is -2.59. The maximum Gasteiger partial charge on any atom is 0.416 e. The number of carbonyl (C=O) groups excluding carboxylic acids is 1. The molecule has 1 fully saturated rings. The first-order valence-electron chi connectivity index (χ1n) is 9.95. The van der Waals surface area contributed by atoms with E-state index in [4.69, 9.17) is 4.74 Å². The molecular weight excluding hydrogens is 447 g/mol. The molecule has 0 aliphatic carbocycles. The van der Waals surface area contributed by atoms with E-state index >= 15 is 0 Å². The third-order valence-corrected chi connectivity index (χ3v) is 6.68. The van der Waals surface area contributed by atoms with E-state index in [-0.39, 0.29) is 10.6 Å². The molecule has 0 radical (unpaired) electrons. The number of benzene rings is 2. The number of hydrogen-bond acceptors (Lipinski definition) is 5. The van der Waals surface area contributed by atoms with Gasteiger partial charge in [0.2, 0.25) is 15.9 Å². The molecule has 174 valence electrons. The lowest BCUT2D eigenvalue weighted by Gasteiger charge is -2.24. The fraction of sp³-hybridized carbons (Fsp3) is 0.381. The van der Waals surface area contributed by atoms with Gasteiger partial charge < -0.3 is 15.0 Å². The van der Waals surface area contributed by atoms with Gasteiger partial charge in [0.15, 0.2) is 0 Å². The molecule has 7 nitrogen and oxygen atoms in total. The smallest absolute Gasteiger partial charge is 0.416 e. The van der Waals surface area contributed by atoms with Crippen LogP contribution in [-0.4, -0.2) is 40.6 Å². The maximum atomic E-state index is 13.2. The van der Waals surface area contributed by atoms with Crippen LogP contribution in [0.3, 0.4) is 0 Å². The molecule has 0 spiro atoms. The fourth-order valence-electron chi connectivity index (χ4n) is 3.40. The van der Waals surface area contributed by atoms with Crippen LogP contribution in [0.1, 0.15) is 25.3 Å². The van der Waals surface area contributed by atoms with E-state index in [1.807, 2.05) is 4.90 Å². The minimum atomic E-state index is -4.58. The van der Waals surface area contributed by atoms with Crippen molar-refractivity contribution < 1.29 is 31.1 Å². The van der Waals surface area contributed by atoms with Gasteiger partial charge in [-0.15, -0.1) is 0 Å². The molecule has 2 aromatic carbocycles. The molecule has 1 atom stereocenters. The number of halogens is 3. The van der Waals surface area contributed by atoms with E-state index in [0.29, 0.717) is 24.5 Å². The number of rotatable bonds is 7. The SMILES string of the molecule is COc1ccc(S(=O)(=O)NC(C)C(=O)Nc2cc(C(F)(F)F)ccc2N2CCCC2)cc1. The molecule has 1 aliphatic heterocycles. The van der Waals surface area contributed by atoms with E-state index in [1.165, 1.54) is 44.4 Å². The van der Waals surface area contributed by atoms with Crippen LogP contribution in [0.15, 0.2) is 47.4 Å². The molecule has 1 heterocycles. The Bertz CT molecular complexity index is 1070. The zero-order valence-electron chi connectivity index (χ0n) is 17.6. The minimum absolute atomic E-state index is 0.0118. The lowest BCUT2D eigenvalue weighted by Crippen LogP contribution is -2.41. The van der Waals surface area contributed by atoms with Crippen molar-refractivity contribution in [2.75, 3.05) is 30.4 Å². The molecule has 1 unspecified atom stereocenters. The Morgan fingerprint density at radius 1 is 1.09 bits per heavy atom. The first-order chi connectivity index (χ1) is 15.0. The summed E-state index contributed by atoms with van der Waals surface area (Å²) in [4.78, 5) is 14.5. The van der Waals surface area contributed by atoms with Gasteiger partial charge in [-0.25, -0.2) is 8.42 Å². The highest BCUT2D eigenvalue weighted by atomic mass is 32.2. The van der Waals surface area contributed by atoms with Crippen molar-refractivity contribution in [1.82, 2.24) is 4.72 Å². The number of alkyl halides is 3. The van der Waals surface area contributed by atoms with Gasteiger partial charge >= 0.3 is 6.18 Å². The van der Waals surface area contributed by atoms with Crippen LogP contribution in [0.4, 0.5) is 24.5 Å². The lowest BCUT2D eigenvalue weighted by molar-refractivity contribution is -0.137. The van der Waals surface area contributed by atoms with E-state index in [1.54, 1.807) is 0 Å².